The standard InChI is InChI=1S/C14H19NO3/c16-13(6-3-7-14(17)18)15-9-8-11-4-1-2-5-12(11)10-15/h1-2,4-5,11-12H,3,6-10H2,(H,17,18). The molecule has 98 valence electrons. The fourth-order valence-electron chi connectivity index (χ4n) is 2.63. The Hall–Kier alpha value is -1.58. The van der Waals surface area contributed by atoms with Crippen LogP contribution in [0.2, 0.25) is 0 Å². The lowest BCUT2D eigenvalue weighted by Gasteiger charge is -2.37. The lowest BCUT2D eigenvalue weighted by atomic mass is 9.82. The van der Waals surface area contributed by atoms with Crippen molar-refractivity contribution in [1.29, 1.82) is 0 Å². The number of piperidine rings is 1. The lowest BCUT2D eigenvalue weighted by Crippen LogP contribution is -2.43. The zero-order valence-corrected chi connectivity index (χ0v) is 10.4. The van der Waals surface area contributed by atoms with E-state index in [2.05, 4.69) is 18.2 Å². The van der Waals surface area contributed by atoms with Crippen LogP contribution < -0.4 is 0 Å². The summed E-state index contributed by atoms with van der Waals surface area (Å²) in [5.41, 5.74) is 0. The summed E-state index contributed by atoms with van der Waals surface area (Å²) in [5.74, 6) is 0.268. The van der Waals surface area contributed by atoms with Crippen molar-refractivity contribution < 1.29 is 14.7 Å². The minimum absolute atomic E-state index is 0.0777. The van der Waals surface area contributed by atoms with Crippen molar-refractivity contribution in [3.05, 3.63) is 24.3 Å². The highest BCUT2D eigenvalue weighted by Crippen LogP contribution is 2.28. The maximum Gasteiger partial charge on any atom is 0.303 e. The minimum atomic E-state index is -0.832. The van der Waals surface area contributed by atoms with Gasteiger partial charge in [-0.1, -0.05) is 24.3 Å². The monoisotopic (exact) mass is 249 g/mol. The first kappa shape index (κ1) is 12.9. The summed E-state index contributed by atoms with van der Waals surface area (Å²) in [6.07, 6.45) is 10.4. The summed E-state index contributed by atoms with van der Waals surface area (Å²) in [5, 5.41) is 8.55. The molecule has 1 heterocycles. The summed E-state index contributed by atoms with van der Waals surface area (Å²) in [6, 6.07) is 0. The Labute approximate surface area is 107 Å². The number of carboxylic acid groups (broad SMARTS) is 1. The van der Waals surface area contributed by atoms with Gasteiger partial charge in [-0.25, -0.2) is 0 Å². The van der Waals surface area contributed by atoms with Crippen LogP contribution in [0.1, 0.15) is 25.7 Å². The van der Waals surface area contributed by atoms with Crippen LogP contribution >= 0.6 is 0 Å². The van der Waals surface area contributed by atoms with Crippen LogP contribution in [0.4, 0.5) is 0 Å². The summed E-state index contributed by atoms with van der Waals surface area (Å²) < 4.78 is 0. The van der Waals surface area contributed by atoms with Gasteiger partial charge in [0.1, 0.15) is 0 Å². The number of carbonyl (C=O) groups is 2. The SMILES string of the molecule is O=C(O)CCCC(=O)N1CCC2C=CC=CC2C1. The molecule has 1 saturated heterocycles. The van der Waals surface area contributed by atoms with E-state index in [1.54, 1.807) is 0 Å². The topological polar surface area (TPSA) is 57.6 Å². The van der Waals surface area contributed by atoms with E-state index < -0.39 is 5.97 Å². The highest BCUT2D eigenvalue weighted by atomic mass is 16.4. The second kappa shape index (κ2) is 5.85. The van der Waals surface area contributed by atoms with Crippen LogP contribution in [0.15, 0.2) is 24.3 Å². The summed E-state index contributed by atoms with van der Waals surface area (Å²) in [6.45, 7) is 1.57. The van der Waals surface area contributed by atoms with Gasteiger partial charge in [-0.05, 0) is 18.8 Å². The van der Waals surface area contributed by atoms with E-state index in [1.165, 1.54) is 0 Å². The van der Waals surface area contributed by atoms with Crippen LogP contribution in [0.25, 0.3) is 0 Å². The van der Waals surface area contributed by atoms with Crippen molar-refractivity contribution in [3.63, 3.8) is 0 Å². The molecule has 2 aliphatic rings. The van der Waals surface area contributed by atoms with Crippen LogP contribution in [0, 0.1) is 11.8 Å². The van der Waals surface area contributed by atoms with Gasteiger partial charge < -0.3 is 10.0 Å². The Morgan fingerprint density at radius 3 is 2.61 bits per heavy atom. The van der Waals surface area contributed by atoms with Gasteiger partial charge in [0.15, 0.2) is 0 Å². The van der Waals surface area contributed by atoms with E-state index in [1.807, 2.05) is 11.0 Å². The first-order valence-electron chi connectivity index (χ1n) is 6.51. The number of fused-ring (bicyclic) bond motifs is 1. The molecule has 4 heteroatoms. The van der Waals surface area contributed by atoms with E-state index in [9.17, 15) is 9.59 Å². The van der Waals surface area contributed by atoms with Gasteiger partial charge >= 0.3 is 5.97 Å². The number of hydrogen-bond donors (Lipinski definition) is 1. The van der Waals surface area contributed by atoms with Crippen molar-refractivity contribution in [2.45, 2.75) is 25.7 Å². The molecule has 2 atom stereocenters. The third-order valence-electron chi connectivity index (χ3n) is 3.68. The molecule has 0 saturated carbocycles. The van der Waals surface area contributed by atoms with Crippen LogP contribution in [0.5, 0.6) is 0 Å². The highest BCUT2D eigenvalue weighted by molar-refractivity contribution is 5.77. The first-order valence-corrected chi connectivity index (χ1v) is 6.51. The maximum absolute atomic E-state index is 11.9. The number of nitrogens with zero attached hydrogens (tertiary/aromatic N) is 1. The number of carbonyl (C=O) groups excluding carboxylic acids is 1. The smallest absolute Gasteiger partial charge is 0.303 e. The summed E-state index contributed by atoms with van der Waals surface area (Å²) >= 11 is 0. The Balaban J connectivity index is 1.80. The highest BCUT2D eigenvalue weighted by Gasteiger charge is 2.28. The second-order valence-electron chi connectivity index (χ2n) is 4.97. The van der Waals surface area contributed by atoms with Crippen molar-refractivity contribution in [3.8, 4) is 0 Å². The van der Waals surface area contributed by atoms with Gasteiger partial charge in [0.25, 0.3) is 0 Å². The van der Waals surface area contributed by atoms with Gasteiger partial charge in [-0.15, -0.1) is 0 Å². The fraction of sp³-hybridized carbons (Fsp3) is 0.571. The van der Waals surface area contributed by atoms with Crippen molar-refractivity contribution in [1.82, 2.24) is 4.90 Å². The molecule has 18 heavy (non-hydrogen) atoms. The molecule has 0 spiro atoms. The number of rotatable bonds is 4. The fourth-order valence-corrected chi connectivity index (χ4v) is 2.63. The van der Waals surface area contributed by atoms with Gasteiger partial charge in [0, 0.05) is 31.8 Å². The molecule has 1 amide bonds. The molecule has 2 unspecified atom stereocenters. The Bertz CT molecular complexity index is 387. The zero-order valence-electron chi connectivity index (χ0n) is 10.4. The van der Waals surface area contributed by atoms with Crippen LogP contribution in [0.3, 0.4) is 0 Å². The lowest BCUT2D eigenvalue weighted by molar-refractivity contribution is -0.137. The van der Waals surface area contributed by atoms with Gasteiger partial charge in [0.05, 0.1) is 0 Å². The Morgan fingerprint density at radius 2 is 1.89 bits per heavy atom. The van der Waals surface area contributed by atoms with Gasteiger partial charge in [0.2, 0.25) is 5.91 Å². The molecule has 2 rings (SSSR count). The van der Waals surface area contributed by atoms with E-state index in [0.29, 0.717) is 24.7 Å². The summed E-state index contributed by atoms with van der Waals surface area (Å²) in [7, 11) is 0. The maximum atomic E-state index is 11.9. The Morgan fingerprint density at radius 1 is 1.17 bits per heavy atom. The minimum Gasteiger partial charge on any atom is -0.481 e. The van der Waals surface area contributed by atoms with E-state index in [-0.39, 0.29) is 12.3 Å². The molecule has 4 nitrogen and oxygen atoms in total. The normalized spacial score (nSPS) is 25.9. The van der Waals surface area contributed by atoms with Gasteiger partial charge in [-0.3, -0.25) is 9.59 Å². The number of aliphatic carboxylic acids is 1. The van der Waals surface area contributed by atoms with Crippen molar-refractivity contribution in [2.24, 2.45) is 11.8 Å². The third kappa shape index (κ3) is 3.22. The number of amides is 1. The molecule has 1 fully saturated rings. The number of carboxylic acids is 1. The predicted octanol–water partition coefficient (Wildman–Crippen LogP) is 1.83. The first-order chi connectivity index (χ1) is 8.66. The average molecular weight is 249 g/mol. The molecule has 0 aromatic rings. The molecule has 1 aliphatic heterocycles. The number of likely N-dealkylation sites (tertiary alicyclic amines) is 1. The van der Waals surface area contributed by atoms with Gasteiger partial charge in [-0.2, -0.15) is 0 Å². The van der Waals surface area contributed by atoms with E-state index in [0.717, 1.165) is 19.5 Å². The van der Waals surface area contributed by atoms with E-state index >= 15 is 0 Å². The predicted molar refractivity (Wildman–Crippen MR) is 67.9 cm³/mol. The molecular weight excluding hydrogens is 230 g/mol. The molecule has 0 radical (unpaired) electrons. The summed E-state index contributed by atoms with van der Waals surface area (Å²) in [4.78, 5) is 24.2. The van der Waals surface area contributed by atoms with Crippen LogP contribution in [-0.4, -0.2) is 35.0 Å². The Kier molecular flexibility index (Phi) is 4.18. The molecule has 0 aromatic carbocycles. The van der Waals surface area contributed by atoms with Crippen molar-refractivity contribution in [2.75, 3.05) is 13.1 Å². The molecular formula is C14H19NO3. The number of allylic oxidation sites excluding steroid dienone is 3. The number of hydrogen-bond acceptors (Lipinski definition) is 2. The molecule has 1 N–H and O–H groups in total. The third-order valence-corrected chi connectivity index (χ3v) is 3.68. The quantitative estimate of drug-likeness (QED) is 0.827. The average Bonchev–Trinajstić information content (AvgIpc) is 2.37. The molecule has 0 bridgehead atoms. The van der Waals surface area contributed by atoms with Crippen LogP contribution in [-0.2, 0) is 9.59 Å². The largest absolute Gasteiger partial charge is 0.481 e. The molecule has 1 aliphatic carbocycles. The zero-order chi connectivity index (χ0) is 13.0. The second-order valence-corrected chi connectivity index (χ2v) is 4.97. The van der Waals surface area contributed by atoms with E-state index in [4.69, 9.17) is 5.11 Å². The van der Waals surface area contributed by atoms with Crippen molar-refractivity contribution >= 4 is 11.9 Å². The molecule has 0 aromatic heterocycles.